The Labute approximate surface area is 167 Å². The van der Waals surface area contributed by atoms with E-state index < -0.39 is 16.1 Å². The van der Waals surface area contributed by atoms with Crippen LogP contribution in [0.5, 0.6) is 0 Å². The van der Waals surface area contributed by atoms with Crippen molar-refractivity contribution in [2.75, 3.05) is 10.6 Å². The Hall–Kier alpha value is -2.45. The topological polar surface area (TPSA) is 91.4 Å². The number of anilines is 2. The fraction of sp³-hybridized carbons (Fsp3) is 0.400. The standard InChI is InChI=1S/C20H28N4O3S/c1-14(2)24(15(3)4)28(26,27)18-11-12-19(21-13-18)22-16(5)20(25)23-17-9-7-6-8-10-17/h6-16H,1-5H3,(H,21,22)(H,23,25). The van der Waals surface area contributed by atoms with Crippen molar-refractivity contribution in [2.24, 2.45) is 0 Å². The summed E-state index contributed by atoms with van der Waals surface area (Å²) >= 11 is 0. The van der Waals surface area contributed by atoms with Gasteiger partial charge in [-0.2, -0.15) is 4.31 Å². The molecule has 8 heteroatoms. The first-order valence-electron chi connectivity index (χ1n) is 9.25. The minimum absolute atomic E-state index is 0.127. The van der Waals surface area contributed by atoms with E-state index in [9.17, 15) is 13.2 Å². The first-order valence-corrected chi connectivity index (χ1v) is 10.7. The molecule has 1 aromatic heterocycles. The van der Waals surface area contributed by atoms with Crippen LogP contribution in [0.25, 0.3) is 0 Å². The highest BCUT2D eigenvalue weighted by molar-refractivity contribution is 7.89. The van der Waals surface area contributed by atoms with Crippen LogP contribution in [0.3, 0.4) is 0 Å². The smallest absolute Gasteiger partial charge is 0.246 e. The van der Waals surface area contributed by atoms with Crippen LogP contribution in [0.1, 0.15) is 34.6 Å². The van der Waals surface area contributed by atoms with Crippen LogP contribution in [-0.4, -0.2) is 41.7 Å². The second kappa shape index (κ2) is 9.16. The van der Waals surface area contributed by atoms with E-state index >= 15 is 0 Å². The van der Waals surface area contributed by atoms with Crippen LogP contribution in [0.15, 0.2) is 53.6 Å². The fourth-order valence-electron chi connectivity index (χ4n) is 2.95. The third-order valence-corrected chi connectivity index (χ3v) is 6.36. The van der Waals surface area contributed by atoms with Gasteiger partial charge >= 0.3 is 0 Å². The lowest BCUT2D eigenvalue weighted by atomic mass is 10.2. The molecule has 152 valence electrons. The monoisotopic (exact) mass is 404 g/mol. The van der Waals surface area contributed by atoms with Crippen molar-refractivity contribution in [3.63, 3.8) is 0 Å². The maximum absolute atomic E-state index is 12.9. The summed E-state index contributed by atoms with van der Waals surface area (Å²) < 4.78 is 27.2. The number of carbonyl (C=O) groups is 1. The Balaban J connectivity index is 2.08. The largest absolute Gasteiger partial charge is 0.359 e. The molecule has 1 atom stereocenters. The number of para-hydroxylation sites is 1. The van der Waals surface area contributed by atoms with E-state index in [1.54, 1.807) is 25.1 Å². The third-order valence-electron chi connectivity index (χ3n) is 4.13. The van der Waals surface area contributed by atoms with E-state index in [1.807, 2.05) is 45.9 Å². The van der Waals surface area contributed by atoms with Gasteiger partial charge in [-0.15, -0.1) is 0 Å². The lowest BCUT2D eigenvalue weighted by Gasteiger charge is -2.29. The number of nitrogens with one attached hydrogen (secondary N) is 2. The molecule has 0 bridgehead atoms. The number of amides is 1. The maximum atomic E-state index is 12.9. The predicted molar refractivity (Wildman–Crippen MR) is 112 cm³/mol. The lowest BCUT2D eigenvalue weighted by Crippen LogP contribution is -2.41. The van der Waals surface area contributed by atoms with Crippen molar-refractivity contribution in [1.82, 2.24) is 9.29 Å². The van der Waals surface area contributed by atoms with Gasteiger partial charge in [0.15, 0.2) is 0 Å². The van der Waals surface area contributed by atoms with Crippen molar-refractivity contribution in [3.05, 3.63) is 48.7 Å². The summed E-state index contributed by atoms with van der Waals surface area (Å²) in [5, 5.41) is 5.79. The van der Waals surface area contributed by atoms with Gasteiger partial charge in [-0.25, -0.2) is 13.4 Å². The average molecular weight is 405 g/mol. The van der Waals surface area contributed by atoms with Crippen LogP contribution in [-0.2, 0) is 14.8 Å². The van der Waals surface area contributed by atoms with E-state index in [1.165, 1.54) is 16.6 Å². The Morgan fingerprint density at radius 2 is 1.57 bits per heavy atom. The van der Waals surface area contributed by atoms with Gasteiger partial charge in [0, 0.05) is 24.0 Å². The molecule has 2 aromatic rings. The quantitative estimate of drug-likeness (QED) is 0.704. The number of nitrogens with zero attached hydrogens (tertiary/aromatic N) is 2. The molecule has 0 aliphatic heterocycles. The van der Waals surface area contributed by atoms with Crippen molar-refractivity contribution < 1.29 is 13.2 Å². The van der Waals surface area contributed by atoms with Gasteiger partial charge in [0.2, 0.25) is 15.9 Å². The molecule has 2 N–H and O–H groups in total. The second-order valence-electron chi connectivity index (χ2n) is 7.12. The molecular weight excluding hydrogens is 376 g/mol. The molecule has 0 fully saturated rings. The average Bonchev–Trinajstić information content (AvgIpc) is 2.62. The molecule has 28 heavy (non-hydrogen) atoms. The van der Waals surface area contributed by atoms with Gasteiger partial charge in [0.1, 0.15) is 16.8 Å². The second-order valence-corrected chi connectivity index (χ2v) is 8.97. The van der Waals surface area contributed by atoms with Crippen LogP contribution in [0.2, 0.25) is 0 Å². The number of carbonyl (C=O) groups excluding carboxylic acids is 1. The number of benzene rings is 1. The Morgan fingerprint density at radius 3 is 2.07 bits per heavy atom. The van der Waals surface area contributed by atoms with Gasteiger partial charge in [0.25, 0.3) is 0 Å². The van der Waals surface area contributed by atoms with E-state index in [0.29, 0.717) is 11.5 Å². The number of sulfonamides is 1. The van der Waals surface area contributed by atoms with Crippen LogP contribution >= 0.6 is 0 Å². The molecule has 0 spiro atoms. The number of rotatable bonds is 8. The van der Waals surface area contributed by atoms with Crippen molar-refractivity contribution in [3.8, 4) is 0 Å². The molecule has 0 saturated heterocycles. The number of aromatic nitrogens is 1. The van der Waals surface area contributed by atoms with Crippen LogP contribution in [0.4, 0.5) is 11.5 Å². The Kier molecular flexibility index (Phi) is 7.15. The van der Waals surface area contributed by atoms with Crippen LogP contribution in [0, 0.1) is 0 Å². The fourth-order valence-corrected chi connectivity index (χ4v) is 4.73. The number of pyridine rings is 1. The van der Waals surface area contributed by atoms with Crippen molar-refractivity contribution >= 4 is 27.4 Å². The normalized spacial score (nSPS) is 13.0. The molecule has 1 unspecified atom stereocenters. The maximum Gasteiger partial charge on any atom is 0.246 e. The van der Waals surface area contributed by atoms with Gasteiger partial charge in [-0.1, -0.05) is 18.2 Å². The molecule has 1 amide bonds. The molecule has 7 nitrogen and oxygen atoms in total. The minimum atomic E-state index is -3.64. The number of hydrogen-bond donors (Lipinski definition) is 2. The SMILES string of the molecule is CC(Nc1ccc(S(=O)(=O)N(C(C)C)C(C)C)cn1)C(=O)Nc1ccccc1. The predicted octanol–water partition coefficient (Wildman–Crippen LogP) is 3.33. The van der Waals surface area contributed by atoms with E-state index in [4.69, 9.17) is 0 Å². The minimum Gasteiger partial charge on any atom is -0.359 e. The summed E-state index contributed by atoms with van der Waals surface area (Å²) in [6.07, 6.45) is 1.32. The Morgan fingerprint density at radius 1 is 0.964 bits per heavy atom. The number of hydrogen-bond acceptors (Lipinski definition) is 5. The summed E-state index contributed by atoms with van der Waals surface area (Å²) in [4.78, 5) is 16.6. The highest BCUT2D eigenvalue weighted by Gasteiger charge is 2.29. The summed E-state index contributed by atoms with van der Waals surface area (Å²) in [5.74, 6) is 0.214. The highest BCUT2D eigenvalue weighted by atomic mass is 32.2. The lowest BCUT2D eigenvalue weighted by molar-refractivity contribution is -0.116. The first kappa shape index (κ1) is 21.8. The zero-order valence-corrected chi connectivity index (χ0v) is 17.7. The summed E-state index contributed by atoms with van der Waals surface area (Å²) in [6, 6.07) is 11.4. The summed E-state index contributed by atoms with van der Waals surface area (Å²) in [6.45, 7) is 9.08. The third kappa shape index (κ3) is 5.30. The van der Waals surface area contributed by atoms with E-state index in [-0.39, 0.29) is 22.9 Å². The van der Waals surface area contributed by atoms with E-state index in [0.717, 1.165) is 0 Å². The highest BCUT2D eigenvalue weighted by Crippen LogP contribution is 2.21. The zero-order chi connectivity index (χ0) is 20.9. The molecule has 0 aliphatic rings. The Bertz CT molecular complexity index is 873. The summed E-state index contributed by atoms with van der Waals surface area (Å²) in [5.41, 5.74) is 0.706. The van der Waals surface area contributed by atoms with Gasteiger partial charge in [0.05, 0.1) is 0 Å². The molecule has 0 aliphatic carbocycles. The van der Waals surface area contributed by atoms with Gasteiger partial charge < -0.3 is 10.6 Å². The van der Waals surface area contributed by atoms with Crippen molar-refractivity contribution in [1.29, 1.82) is 0 Å². The molecular formula is C20H28N4O3S. The summed E-state index contributed by atoms with van der Waals surface area (Å²) in [7, 11) is -3.64. The van der Waals surface area contributed by atoms with Crippen molar-refractivity contribution in [2.45, 2.75) is 57.6 Å². The first-order chi connectivity index (χ1) is 13.1. The molecule has 0 saturated carbocycles. The molecule has 1 heterocycles. The van der Waals surface area contributed by atoms with Gasteiger partial charge in [-0.3, -0.25) is 4.79 Å². The van der Waals surface area contributed by atoms with Gasteiger partial charge in [-0.05, 0) is 58.9 Å². The molecule has 2 rings (SSSR count). The van der Waals surface area contributed by atoms with E-state index in [2.05, 4.69) is 15.6 Å². The zero-order valence-electron chi connectivity index (χ0n) is 16.9. The molecule has 0 radical (unpaired) electrons. The molecule has 1 aromatic carbocycles. The van der Waals surface area contributed by atoms with Crippen LogP contribution < -0.4 is 10.6 Å².